The van der Waals surface area contributed by atoms with Gasteiger partial charge in [-0.15, -0.1) is 0 Å². The van der Waals surface area contributed by atoms with Gasteiger partial charge in [-0.25, -0.2) is 4.79 Å². The third-order valence-electron chi connectivity index (χ3n) is 1.98. The third-order valence-corrected chi connectivity index (χ3v) is 2.67. The fraction of sp³-hybridized carbons (Fsp3) is 0.167. The monoisotopic (exact) mass is 297 g/mol. The molecule has 0 saturated carbocycles. The maximum Gasteiger partial charge on any atom is 0.341 e. The summed E-state index contributed by atoms with van der Waals surface area (Å²) in [6.45, 7) is 0. The molecule has 0 bridgehead atoms. The number of aliphatic carboxylic acids is 1. The van der Waals surface area contributed by atoms with Gasteiger partial charge in [0.05, 0.1) is 0 Å². The molecule has 0 aliphatic rings. The van der Waals surface area contributed by atoms with Crippen molar-refractivity contribution < 1.29 is 14.7 Å². The van der Waals surface area contributed by atoms with Gasteiger partial charge in [0.15, 0.2) is 0 Å². The third kappa shape index (κ3) is 3.42. The van der Waals surface area contributed by atoms with E-state index in [1.165, 1.54) is 11.1 Å². The van der Waals surface area contributed by atoms with Crippen molar-refractivity contribution in [3.8, 4) is 0 Å². The molecular weight excluding hydrogens is 286 g/mol. The molecule has 1 aromatic rings. The van der Waals surface area contributed by atoms with Gasteiger partial charge in [0.2, 0.25) is 5.78 Å². The zero-order valence-electron chi connectivity index (χ0n) is 9.48. The Balaban J connectivity index is 3.19. The van der Waals surface area contributed by atoms with E-state index >= 15 is 0 Å². The molecule has 5 heteroatoms. The topological polar surface area (TPSA) is 57.6 Å². The van der Waals surface area contributed by atoms with E-state index in [2.05, 4.69) is 15.9 Å². The van der Waals surface area contributed by atoms with Gasteiger partial charge in [0.1, 0.15) is 5.57 Å². The summed E-state index contributed by atoms with van der Waals surface area (Å²) < 4.78 is 0.580. The molecule has 0 aliphatic heterocycles. The highest BCUT2D eigenvalue weighted by Crippen LogP contribution is 2.19. The van der Waals surface area contributed by atoms with E-state index in [-0.39, 0.29) is 5.57 Å². The lowest BCUT2D eigenvalue weighted by atomic mass is 10.0. The Morgan fingerprint density at radius 2 is 1.88 bits per heavy atom. The number of carbonyl (C=O) groups excluding carboxylic acids is 1. The highest BCUT2D eigenvalue weighted by molar-refractivity contribution is 9.10. The van der Waals surface area contributed by atoms with Gasteiger partial charge in [-0.1, -0.05) is 28.1 Å². The fourth-order valence-corrected chi connectivity index (χ4v) is 1.72. The molecule has 0 saturated heterocycles. The van der Waals surface area contributed by atoms with E-state index in [4.69, 9.17) is 5.11 Å². The largest absolute Gasteiger partial charge is 0.477 e. The number of nitrogens with zero attached hydrogens (tertiary/aromatic N) is 1. The lowest BCUT2D eigenvalue weighted by Crippen LogP contribution is -2.17. The van der Waals surface area contributed by atoms with Gasteiger partial charge in [0.25, 0.3) is 0 Å². The van der Waals surface area contributed by atoms with Gasteiger partial charge in [-0.3, -0.25) is 4.79 Å². The minimum Gasteiger partial charge on any atom is -0.477 e. The number of benzene rings is 1. The fourth-order valence-electron chi connectivity index (χ4n) is 1.26. The van der Waals surface area contributed by atoms with Crippen molar-refractivity contribution >= 4 is 27.7 Å². The van der Waals surface area contributed by atoms with Gasteiger partial charge in [-0.2, -0.15) is 0 Å². The Labute approximate surface area is 108 Å². The Hall–Kier alpha value is -1.62. The molecule has 0 aliphatic carbocycles. The highest BCUT2D eigenvalue weighted by atomic mass is 79.9. The highest BCUT2D eigenvalue weighted by Gasteiger charge is 2.21. The Morgan fingerprint density at radius 1 is 1.29 bits per heavy atom. The first-order valence-corrected chi connectivity index (χ1v) is 5.63. The molecule has 1 rings (SSSR count). The molecule has 17 heavy (non-hydrogen) atoms. The zero-order valence-corrected chi connectivity index (χ0v) is 11.1. The standard InChI is InChI=1S/C12H12BrNO3/c1-14(2)7-9(12(16)17)11(15)8-5-3-4-6-10(8)13/h3-7H,1-2H3,(H,16,17)/b9-7-. The SMILES string of the molecule is CN(C)/C=C(\C(=O)O)C(=O)c1ccccc1Br. The van der Waals surface area contributed by atoms with Gasteiger partial charge in [-0.05, 0) is 12.1 Å². The maximum absolute atomic E-state index is 12.0. The summed E-state index contributed by atoms with van der Waals surface area (Å²) in [7, 11) is 3.33. The molecule has 0 fully saturated rings. The van der Waals surface area contributed by atoms with Crippen molar-refractivity contribution in [2.75, 3.05) is 14.1 Å². The van der Waals surface area contributed by atoms with Crippen molar-refractivity contribution in [3.05, 3.63) is 46.1 Å². The van der Waals surface area contributed by atoms with Gasteiger partial charge >= 0.3 is 5.97 Å². The van der Waals surface area contributed by atoms with Gasteiger partial charge < -0.3 is 10.0 Å². The van der Waals surface area contributed by atoms with Crippen LogP contribution in [0.2, 0.25) is 0 Å². The molecule has 0 atom stereocenters. The smallest absolute Gasteiger partial charge is 0.341 e. The van der Waals surface area contributed by atoms with E-state index in [9.17, 15) is 9.59 Å². The van der Waals surface area contributed by atoms with Crippen molar-refractivity contribution in [1.29, 1.82) is 0 Å². The Kier molecular flexibility index (Phi) is 4.45. The number of Topliss-reactive ketones (excluding diaryl/α,β-unsaturated/α-hetero) is 1. The number of hydrogen-bond donors (Lipinski definition) is 1. The number of halogens is 1. The second-order valence-corrected chi connectivity index (χ2v) is 4.47. The average Bonchev–Trinajstić information content (AvgIpc) is 2.25. The van der Waals surface area contributed by atoms with Crippen LogP contribution in [0.15, 0.2) is 40.5 Å². The summed E-state index contributed by atoms with van der Waals surface area (Å²) in [5.74, 6) is -1.75. The van der Waals surface area contributed by atoms with E-state index in [0.717, 1.165) is 0 Å². The normalized spacial score (nSPS) is 11.1. The summed E-state index contributed by atoms with van der Waals surface area (Å²) in [5.41, 5.74) is 0.0740. The Bertz CT molecular complexity index is 480. The predicted molar refractivity (Wildman–Crippen MR) is 67.9 cm³/mol. The van der Waals surface area contributed by atoms with Crippen molar-refractivity contribution in [2.45, 2.75) is 0 Å². The van der Waals surface area contributed by atoms with Crippen LogP contribution in [0.3, 0.4) is 0 Å². The van der Waals surface area contributed by atoms with E-state index in [1.807, 2.05) is 0 Å². The van der Waals surface area contributed by atoms with E-state index in [0.29, 0.717) is 10.0 Å². The summed E-state index contributed by atoms with van der Waals surface area (Å²) in [6, 6.07) is 6.73. The van der Waals surface area contributed by atoms with Crippen molar-refractivity contribution in [3.63, 3.8) is 0 Å². The van der Waals surface area contributed by atoms with Crippen LogP contribution in [0.5, 0.6) is 0 Å². The lowest BCUT2D eigenvalue weighted by Gasteiger charge is -2.08. The summed E-state index contributed by atoms with van der Waals surface area (Å²) in [4.78, 5) is 24.6. The molecule has 1 N–H and O–H groups in total. The van der Waals surface area contributed by atoms with Gasteiger partial charge in [0, 0.05) is 30.3 Å². The van der Waals surface area contributed by atoms with E-state index < -0.39 is 11.8 Å². The zero-order chi connectivity index (χ0) is 13.0. The number of carboxylic acid groups (broad SMARTS) is 1. The first-order valence-electron chi connectivity index (χ1n) is 4.84. The molecule has 0 spiro atoms. The number of ketones is 1. The first-order chi connectivity index (χ1) is 7.93. The van der Waals surface area contributed by atoms with E-state index in [1.54, 1.807) is 38.4 Å². The number of hydrogen-bond acceptors (Lipinski definition) is 3. The van der Waals surface area contributed by atoms with Crippen LogP contribution in [0, 0.1) is 0 Å². The van der Waals surface area contributed by atoms with Crippen LogP contribution in [-0.4, -0.2) is 35.9 Å². The summed E-state index contributed by atoms with van der Waals surface area (Å²) >= 11 is 3.23. The Morgan fingerprint density at radius 3 is 2.35 bits per heavy atom. The van der Waals surface area contributed by atoms with Crippen LogP contribution >= 0.6 is 15.9 Å². The second-order valence-electron chi connectivity index (χ2n) is 3.62. The van der Waals surface area contributed by atoms with Crippen LogP contribution in [0.25, 0.3) is 0 Å². The molecular formula is C12H12BrNO3. The number of rotatable bonds is 4. The second kappa shape index (κ2) is 5.63. The number of carboxylic acids is 1. The quantitative estimate of drug-likeness (QED) is 0.400. The predicted octanol–water partition coefficient (Wildman–Crippen LogP) is 2.16. The summed E-state index contributed by atoms with van der Waals surface area (Å²) in [6.07, 6.45) is 1.30. The molecule has 4 nitrogen and oxygen atoms in total. The first kappa shape index (κ1) is 13.4. The van der Waals surface area contributed by atoms with Crippen LogP contribution in [-0.2, 0) is 4.79 Å². The number of carbonyl (C=O) groups is 2. The molecule has 1 aromatic carbocycles. The molecule has 0 amide bonds. The average molecular weight is 298 g/mol. The van der Waals surface area contributed by atoms with Crippen molar-refractivity contribution in [2.24, 2.45) is 0 Å². The van der Waals surface area contributed by atoms with Crippen LogP contribution in [0.4, 0.5) is 0 Å². The molecule has 0 heterocycles. The molecule has 0 aromatic heterocycles. The molecule has 0 radical (unpaired) electrons. The van der Waals surface area contributed by atoms with Crippen LogP contribution in [0.1, 0.15) is 10.4 Å². The lowest BCUT2D eigenvalue weighted by molar-refractivity contribution is -0.132. The minimum absolute atomic E-state index is 0.262. The molecule has 0 unspecified atom stereocenters. The molecule has 90 valence electrons. The minimum atomic E-state index is -1.24. The van der Waals surface area contributed by atoms with Crippen LogP contribution < -0.4 is 0 Å². The maximum atomic E-state index is 12.0. The van der Waals surface area contributed by atoms with Crippen molar-refractivity contribution in [1.82, 2.24) is 4.90 Å². The summed E-state index contributed by atoms with van der Waals surface area (Å²) in [5, 5.41) is 9.01.